The quantitative estimate of drug-likeness (QED) is 0.568. The zero-order valence-electron chi connectivity index (χ0n) is 12.8. The molecule has 1 heterocycles. The van der Waals surface area contributed by atoms with Gasteiger partial charge in [0.05, 0.1) is 5.60 Å². The van der Waals surface area contributed by atoms with Gasteiger partial charge in [0.1, 0.15) is 5.82 Å². The molecule has 0 aromatic heterocycles. The lowest BCUT2D eigenvalue weighted by molar-refractivity contribution is 0.0174. The molecule has 0 spiro atoms. The maximum Gasteiger partial charge on any atom is 0.251 e. The molecule has 5 nitrogen and oxygen atoms in total. The van der Waals surface area contributed by atoms with Crippen LogP contribution in [0.5, 0.6) is 0 Å². The van der Waals surface area contributed by atoms with Crippen LogP contribution < -0.4 is 16.0 Å². The Labute approximate surface area is 148 Å². The van der Waals surface area contributed by atoms with E-state index in [2.05, 4.69) is 16.0 Å². The summed E-state index contributed by atoms with van der Waals surface area (Å²) >= 11 is 0. The van der Waals surface area contributed by atoms with Gasteiger partial charge in [0.15, 0.2) is 0 Å². The van der Waals surface area contributed by atoms with E-state index in [0.717, 1.165) is 19.4 Å². The molecule has 23 heavy (non-hydrogen) atoms. The number of rotatable bonds is 6. The Morgan fingerprint density at radius 2 is 1.96 bits per heavy atom. The maximum atomic E-state index is 12.7. The Morgan fingerprint density at radius 3 is 2.57 bits per heavy atom. The molecule has 4 N–H and O–H groups in total. The molecular weight excluding hydrogens is 344 g/mol. The SMILES string of the molecule is Cl.Cl.O=C(NCCNCC1(O)CCCNC1)c1ccc(F)cc1. The van der Waals surface area contributed by atoms with E-state index in [-0.39, 0.29) is 36.5 Å². The standard InChI is InChI=1S/C15H22FN3O2.2ClH/c16-13-4-2-12(3-5-13)14(20)19-9-8-18-11-15(21)6-1-7-17-10-15;;/h2-5,17-18,21H,1,6-11H2,(H,19,20);2*1H. The minimum atomic E-state index is -0.695. The molecule has 1 amide bonds. The molecule has 1 fully saturated rings. The van der Waals surface area contributed by atoms with Gasteiger partial charge in [-0.2, -0.15) is 0 Å². The van der Waals surface area contributed by atoms with E-state index in [9.17, 15) is 14.3 Å². The summed E-state index contributed by atoms with van der Waals surface area (Å²) in [5.74, 6) is -0.586. The van der Waals surface area contributed by atoms with E-state index in [1.54, 1.807) is 0 Å². The first-order valence-corrected chi connectivity index (χ1v) is 7.27. The Kier molecular flexibility index (Phi) is 10.3. The highest BCUT2D eigenvalue weighted by Crippen LogP contribution is 2.14. The molecule has 1 unspecified atom stereocenters. The lowest BCUT2D eigenvalue weighted by Crippen LogP contribution is -2.52. The number of β-amino-alcohol motifs (C(OH)–C–C–N with tert-alkyl or cyclic N) is 1. The van der Waals surface area contributed by atoms with E-state index in [4.69, 9.17) is 0 Å². The van der Waals surface area contributed by atoms with Crippen molar-refractivity contribution >= 4 is 30.7 Å². The van der Waals surface area contributed by atoms with Crippen LogP contribution in [0, 0.1) is 5.82 Å². The predicted molar refractivity (Wildman–Crippen MR) is 93.2 cm³/mol. The largest absolute Gasteiger partial charge is 0.387 e. The van der Waals surface area contributed by atoms with Gasteiger partial charge in [0.25, 0.3) is 5.91 Å². The summed E-state index contributed by atoms with van der Waals surface area (Å²) < 4.78 is 12.7. The third-order valence-corrected chi connectivity index (χ3v) is 3.60. The van der Waals surface area contributed by atoms with E-state index in [0.29, 0.717) is 31.7 Å². The number of amides is 1. The molecule has 1 atom stereocenters. The third kappa shape index (κ3) is 7.46. The van der Waals surface area contributed by atoms with Crippen molar-refractivity contribution in [1.82, 2.24) is 16.0 Å². The summed E-state index contributed by atoms with van der Waals surface area (Å²) in [6.07, 6.45) is 1.76. The number of hydrogen-bond donors (Lipinski definition) is 4. The molecule has 1 aromatic carbocycles. The van der Waals surface area contributed by atoms with Crippen LogP contribution in [0.4, 0.5) is 4.39 Å². The molecule has 2 rings (SSSR count). The molecular formula is C15H24Cl2FN3O2. The Bertz CT molecular complexity index is 468. The minimum absolute atomic E-state index is 0. The molecule has 8 heteroatoms. The van der Waals surface area contributed by atoms with Crippen LogP contribution >= 0.6 is 24.8 Å². The Morgan fingerprint density at radius 1 is 1.26 bits per heavy atom. The second-order valence-electron chi connectivity index (χ2n) is 5.44. The lowest BCUT2D eigenvalue weighted by atomic mass is 9.94. The van der Waals surface area contributed by atoms with Crippen LogP contribution in [0.15, 0.2) is 24.3 Å². The number of aliphatic hydroxyl groups is 1. The van der Waals surface area contributed by atoms with Crippen LogP contribution in [0.3, 0.4) is 0 Å². The molecule has 0 saturated carbocycles. The highest BCUT2D eigenvalue weighted by Gasteiger charge is 2.28. The van der Waals surface area contributed by atoms with Crippen LogP contribution in [-0.4, -0.2) is 49.3 Å². The van der Waals surface area contributed by atoms with Gasteiger partial charge in [-0.1, -0.05) is 0 Å². The molecule has 0 aliphatic carbocycles. The topological polar surface area (TPSA) is 73.4 Å². The molecule has 0 bridgehead atoms. The fourth-order valence-corrected chi connectivity index (χ4v) is 2.39. The van der Waals surface area contributed by atoms with Crippen molar-refractivity contribution in [3.05, 3.63) is 35.6 Å². The second kappa shape index (κ2) is 10.8. The number of carbonyl (C=O) groups excluding carboxylic acids is 1. The van der Waals surface area contributed by atoms with Gasteiger partial charge in [-0.15, -0.1) is 24.8 Å². The number of nitrogens with one attached hydrogen (secondary N) is 3. The smallest absolute Gasteiger partial charge is 0.251 e. The summed E-state index contributed by atoms with van der Waals surface area (Å²) in [4.78, 5) is 11.8. The number of hydrogen-bond acceptors (Lipinski definition) is 4. The predicted octanol–water partition coefficient (Wildman–Crippen LogP) is 1.10. The van der Waals surface area contributed by atoms with Gasteiger partial charge in [0, 0.05) is 31.7 Å². The molecule has 1 aromatic rings. The van der Waals surface area contributed by atoms with Crippen molar-refractivity contribution < 1.29 is 14.3 Å². The zero-order chi connectivity index (χ0) is 15.1. The van der Waals surface area contributed by atoms with Crippen molar-refractivity contribution in [2.75, 3.05) is 32.7 Å². The summed E-state index contributed by atoms with van der Waals surface area (Å²) in [6.45, 7) is 3.10. The van der Waals surface area contributed by atoms with Gasteiger partial charge < -0.3 is 21.1 Å². The molecule has 132 valence electrons. The van der Waals surface area contributed by atoms with Crippen LogP contribution in [0.25, 0.3) is 0 Å². The summed E-state index contributed by atoms with van der Waals surface area (Å²) in [5, 5.41) is 19.3. The summed E-state index contributed by atoms with van der Waals surface area (Å²) in [5.41, 5.74) is -0.259. The van der Waals surface area contributed by atoms with Crippen molar-refractivity contribution in [3.63, 3.8) is 0 Å². The van der Waals surface area contributed by atoms with Crippen molar-refractivity contribution in [3.8, 4) is 0 Å². The van der Waals surface area contributed by atoms with E-state index in [1.165, 1.54) is 24.3 Å². The van der Waals surface area contributed by atoms with Crippen molar-refractivity contribution in [2.24, 2.45) is 0 Å². The number of benzene rings is 1. The zero-order valence-corrected chi connectivity index (χ0v) is 14.4. The van der Waals surface area contributed by atoms with Gasteiger partial charge >= 0.3 is 0 Å². The minimum Gasteiger partial charge on any atom is -0.387 e. The maximum absolute atomic E-state index is 12.7. The van der Waals surface area contributed by atoms with Crippen LogP contribution in [0.2, 0.25) is 0 Å². The van der Waals surface area contributed by atoms with E-state index < -0.39 is 5.60 Å². The first-order chi connectivity index (χ1) is 10.1. The first-order valence-electron chi connectivity index (χ1n) is 7.27. The fraction of sp³-hybridized carbons (Fsp3) is 0.533. The summed E-state index contributed by atoms with van der Waals surface area (Å²) in [7, 11) is 0. The molecule has 1 aliphatic rings. The Balaban J connectivity index is 0.00000242. The van der Waals surface area contributed by atoms with E-state index in [1.807, 2.05) is 0 Å². The Hall–Kier alpha value is -0.920. The second-order valence-corrected chi connectivity index (χ2v) is 5.44. The highest BCUT2D eigenvalue weighted by atomic mass is 35.5. The normalized spacial score (nSPS) is 20.1. The molecule has 0 radical (unpaired) electrons. The van der Waals surface area contributed by atoms with Crippen LogP contribution in [0.1, 0.15) is 23.2 Å². The van der Waals surface area contributed by atoms with E-state index >= 15 is 0 Å². The van der Waals surface area contributed by atoms with Crippen molar-refractivity contribution in [2.45, 2.75) is 18.4 Å². The molecule has 1 aliphatic heterocycles. The monoisotopic (exact) mass is 367 g/mol. The summed E-state index contributed by atoms with van der Waals surface area (Å²) in [6, 6.07) is 5.43. The average molecular weight is 368 g/mol. The first kappa shape index (κ1) is 22.1. The van der Waals surface area contributed by atoms with Gasteiger partial charge in [-0.25, -0.2) is 4.39 Å². The van der Waals surface area contributed by atoms with Crippen LogP contribution in [-0.2, 0) is 0 Å². The number of piperidine rings is 1. The third-order valence-electron chi connectivity index (χ3n) is 3.60. The molecule has 1 saturated heterocycles. The van der Waals surface area contributed by atoms with Crippen molar-refractivity contribution in [1.29, 1.82) is 0 Å². The fourth-order valence-electron chi connectivity index (χ4n) is 2.39. The lowest BCUT2D eigenvalue weighted by Gasteiger charge is -2.32. The van der Waals surface area contributed by atoms with Gasteiger partial charge in [0.2, 0.25) is 0 Å². The van der Waals surface area contributed by atoms with Gasteiger partial charge in [-0.3, -0.25) is 4.79 Å². The number of halogens is 3. The highest BCUT2D eigenvalue weighted by molar-refractivity contribution is 5.94. The van der Waals surface area contributed by atoms with Gasteiger partial charge in [-0.05, 0) is 43.7 Å². The average Bonchev–Trinajstić information content (AvgIpc) is 2.48. The number of carbonyl (C=O) groups is 1.